The van der Waals surface area contributed by atoms with Crippen molar-refractivity contribution in [3.63, 3.8) is 0 Å². The number of benzene rings is 3. The number of rotatable bonds is 3. The number of imide groups is 1. The molecule has 37 heavy (non-hydrogen) atoms. The number of nitrogens with two attached hydrogens (primary N) is 1. The van der Waals surface area contributed by atoms with Crippen molar-refractivity contribution in [1.82, 2.24) is 14.5 Å². The number of fused-ring (bicyclic) bond motifs is 4. The second-order valence-corrected chi connectivity index (χ2v) is 8.71. The van der Waals surface area contributed by atoms with Gasteiger partial charge in [0.15, 0.2) is 0 Å². The lowest BCUT2D eigenvalue weighted by molar-refractivity contribution is 0.0879. The summed E-state index contributed by atoms with van der Waals surface area (Å²) in [6, 6.07) is 18.3. The molecule has 3 aromatic carbocycles. The van der Waals surface area contributed by atoms with E-state index in [-0.39, 0.29) is 39.6 Å². The highest BCUT2D eigenvalue weighted by atomic mass is 16.3. The highest BCUT2D eigenvalue weighted by molar-refractivity contribution is 6.23. The molecule has 182 valence electrons. The minimum Gasteiger partial charge on any atom is -0.507 e. The number of pyridine rings is 1. The number of amides is 3. The van der Waals surface area contributed by atoms with Gasteiger partial charge >= 0.3 is 0 Å². The average Bonchev–Trinajstić information content (AvgIpc) is 3.31. The van der Waals surface area contributed by atoms with Crippen molar-refractivity contribution < 1.29 is 19.5 Å². The number of para-hydroxylation sites is 3. The van der Waals surface area contributed by atoms with Crippen LogP contribution in [0.15, 0.2) is 71.5 Å². The van der Waals surface area contributed by atoms with Crippen molar-refractivity contribution >= 4 is 51.0 Å². The van der Waals surface area contributed by atoms with E-state index in [1.807, 2.05) is 35.9 Å². The van der Waals surface area contributed by atoms with Gasteiger partial charge in [-0.25, -0.2) is 0 Å². The largest absolute Gasteiger partial charge is 0.507 e. The molecule has 0 saturated heterocycles. The molecule has 0 atom stereocenters. The third-order valence-corrected chi connectivity index (χ3v) is 6.62. The maximum Gasteiger partial charge on any atom is 0.262 e. The quantitative estimate of drug-likeness (QED) is 0.284. The van der Waals surface area contributed by atoms with Crippen LogP contribution in [0.3, 0.4) is 0 Å². The lowest BCUT2D eigenvalue weighted by Gasteiger charge is -2.16. The van der Waals surface area contributed by atoms with Crippen molar-refractivity contribution in [3.05, 3.63) is 93.8 Å². The zero-order valence-corrected chi connectivity index (χ0v) is 19.4. The molecule has 10 nitrogen and oxygen atoms in total. The summed E-state index contributed by atoms with van der Waals surface area (Å²) in [5.41, 5.74) is 7.47. The number of hydrogen-bond donors (Lipinski definition) is 4. The van der Waals surface area contributed by atoms with E-state index in [1.54, 1.807) is 30.3 Å². The Hall–Kier alpha value is -5.38. The molecule has 0 saturated carbocycles. The van der Waals surface area contributed by atoms with Crippen LogP contribution in [0.2, 0.25) is 0 Å². The van der Waals surface area contributed by atoms with Crippen molar-refractivity contribution in [2.75, 3.05) is 11.1 Å². The first-order valence-electron chi connectivity index (χ1n) is 11.3. The first-order chi connectivity index (χ1) is 17.8. The van der Waals surface area contributed by atoms with Gasteiger partial charge in [0.05, 0.1) is 33.6 Å². The zero-order valence-electron chi connectivity index (χ0n) is 19.4. The van der Waals surface area contributed by atoms with E-state index < -0.39 is 23.3 Å². The van der Waals surface area contributed by atoms with Crippen LogP contribution in [0.25, 0.3) is 27.5 Å². The first kappa shape index (κ1) is 22.1. The summed E-state index contributed by atoms with van der Waals surface area (Å²) in [4.78, 5) is 50.5. The number of aryl methyl sites for hydroxylation is 1. The molecule has 0 bridgehead atoms. The third-order valence-electron chi connectivity index (χ3n) is 6.62. The Balaban J connectivity index is 1.45. The first-order valence-corrected chi connectivity index (χ1v) is 11.3. The second-order valence-electron chi connectivity index (χ2n) is 8.71. The normalized spacial score (nSPS) is 12.7. The Morgan fingerprint density at radius 2 is 1.65 bits per heavy atom. The van der Waals surface area contributed by atoms with Gasteiger partial charge in [0.2, 0.25) is 0 Å². The predicted octanol–water partition coefficient (Wildman–Crippen LogP) is 2.91. The molecule has 0 radical (unpaired) electrons. The van der Waals surface area contributed by atoms with Crippen LogP contribution in [-0.4, -0.2) is 32.0 Å². The van der Waals surface area contributed by atoms with Crippen molar-refractivity contribution in [2.45, 2.75) is 0 Å². The fraction of sp³-hybridized carbons (Fsp3) is 0.0370. The lowest BCUT2D eigenvalue weighted by Crippen LogP contribution is -2.25. The molecule has 0 aliphatic carbocycles. The number of nitrogens with zero attached hydrogens (tertiary/aromatic N) is 2. The van der Waals surface area contributed by atoms with E-state index in [0.29, 0.717) is 0 Å². The van der Waals surface area contributed by atoms with Crippen LogP contribution in [0.4, 0.5) is 11.5 Å². The van der Waals surface area contributed by atoms with Gasteiger partial charge in [-0.15, -0.1) is 0 Å². The minimum absolute atomic E-state index is 0.0397. The maximum absolute atomic E-state index is 13.4. The molecular weight excluding hydrogens is 474 g/mol. The highest BCUT2D eigenvalue weighted by Gasteiger charge is 2.32. The van der Waals surface area contributed by atoms with Crippen LogP contribution in [0.1, 0.15) is 31.1 Å². The Morgan fingerprint density at radius 1 is 0.919 bits per heavy atom. The summed E-state index contributed by atoms with van der Waals surface area (Å²) >= 11 is 0. The molecule has 2 aromatic heterocycles. The fourth-order valence-corrected chi connectivity index (χ4v) is 4.87. The third kappa shape index (κ3) is 3.19. The van der Waals surface area contributed by atoms with Crippen LogP contribution < -0.4 is 21.9 Å². The number of aromatic hydroxyl groups is 1. The smallest absolute Gasteiger partial charge is 0.262 e. The molecule has 6 rings (SSSR count). The number of phenols is 1. The maximum atomic E-state index is 13.4. The summed E-state index contributed by atoms with van der Waals surface area (Å²) in [6.45, 7) is 0. The van der Waals surface area contributed by atoms with E-state index in [4.69, 9.17) is 5.73 Å². The lowest BCUT2D eigenvalue weighted by atomic mass is 10.1. The van der Waals surface area contributed by atoms with Gasteiger partial charge in [0, 0.05) is 35.5 Å². The number of carbonyl (C=O) groups is 3. The number of phenolic OH excluding ortho intramolecular Hbond substituents is 1. The number of nitrogens with one attached hydrogen (secondary N) is 2. The van der Waals surface area contributed by atoms with Crippen LogP contribution in [0, 0.1) is 0 Å². The fourth-order valence-electron chi connectivity index (χ4n) is 4.87. The standard InChI is InChI=1S/C27H19N5O5/c1-31-18-8-4-2-6-13(18)14-10-15(21(33)12-20(14)31)25(35)29-17-7-3-5-9-19(17)32-22(34)11-16-23(24(32)28)27(37)30-26(16)36/h2-12,33H,28H2,1H3,(H,29,35)(H,30,36,37). The molecule has 0 unspecified atom stereocenters. The summed E-state index contributed by atoms with van der Waals surface area (Å²) in [6.07, 6.45) is 0. The number of nitrogen functional groups attached to an aromatic ring is 1. The molecular formula is C27H19N5O5. The predicted molar refractivity (Wildman–Crippen MR) is 138 cm³/mol. The highest BCUT2D eigenvalue weighted by Crippen LogP contribution is 2.34. The SMILES string of the molecule is Cn1c2ccccc2c2cc(C(=O)Nc3ccccc3-n3c(N)c4c(cc3=O)C(=O)NC4=O)c(O)cc21. The Bertz CT molecular complexity index is 1900. The number of hydrogen-bond acceptors (Lipinski definition) is 6. The van der Waals surface area contributed by atoms with E-state index >= 15 is 0 Å². The Kier molecular flexibility index (Phi) is 4.67. The van der Waals surface area contributed by atoms with Crippen LogP contribution >= 0.6 is 0 Å². The van der Waals surface area contributed by atoms with Gasteiger partial charge in [-0.1, -0.05) is 30.3 Å². The summed E-state index contributed by atoms with van der Waals surface area (Å²) < 4.78 is 2.99. The monoisotopic (exact) mass is 493 g/mol. The number of anilines is 2. The molecule has 5 N–H and O–H groups in total. The van der Waals surface area contributed by atoms with Gasteiger partial charge in [0.1, 0.15) is 11.6 Å². The molecule has 10 heteroatoms. The second kappa shape index (κ2) is 7.82. The Labute approximate surface area is 208 Å². The zero-order chi connectivity index (χ0) is 26.0. The topological polar surface area (TPSA) is 148 Å². The van der Waals surface area contributed by atoms with Gasteiger partial charge in [-0.2, -0.15) is 0 Å². The van der Waals surface area contributed by atoms with E-state index in [0.717, 1.165) is 32.4 Å². The van der Waals surface area contributed by atoms with Crippen molar-refractivity contribution in [3.8, 4) is 11.4 Å². The van der Waals surface area contributed by atoms with Crippen LogP contribution in [-0.2, 0) is 7.05 Å². The molecule has 5 aromatic rings. The Morgan fingerprint density at radius 3 is 2.46 bits per heavy atom. The minimum atomic E-state index is -0.707. The molecule has 0 fully saturated rings. The molecule has 3 heterocycles. The summed E-state index contributed by atoms with van der Waals surface area (Å²) in [7, 11) is 1.88. The molecule has 1 aliphatic heterocycles. The van der Waals surface area contributed by atoms with Crippen molar-refractivity contribution in [2.24, 2.45) is 7.05 Å². The molecule has 1 aliphatic rings. The molecule has 0 spiro atoms. The summed E-state index contributed by atoms with van der Waals surface area (Å²) in [5, 5.41) is 17.3. The van der Waals surface area contributed by atoms with E-state index in [2.05, 4.69) is 10.6 Å². The van der Waals surface area contributed by atoms with Gasteiger partial charge in [0.25, 0.3) is 23.3 Å². The van der Waals surface area contributed by atoms with E-state index in [1.165, 1.54) is 6.07 Å². The van der Waals surface area contributed by atoms with Gasteiger partial charge in [-0.05, 0) is 24.3 Å². The molecule has 3 amide bonds. The number of carbonyl (C=O) groups excluding carboxylic acids is 3. The van der Waals surface area contributed by atoms with Gasteiger partial charge < -0.3 is 20.7 Å². The van der Waals surface area contributed by atoms with Crippen LogP contribution in [0.5, 0.6) is 5.75 Å². The number of aromatic nitrogens is 2. The van der Waals surface area contributed by atoms with E-state index in [9.17, 15) is 24.3 Å². The van der Waals surface area contributed by atoms with Gasteiger partial charge in [-0.3, -0.25) is 29.1 Å². The average molecular weight is 493 g/mol. The van der Waals surface area contributed by atoms with Crippen molar-refractivity contribution in [1.29, 1.82) is 0 Å². The summed E-state index contributed by atoms with van der Waals surface area (Å²) in [5.74, 6) is -2.45.